The summed E-state index contributed by atoms with van der Waals surface area (Å²) in [5.41, 5.74) is 2.30. The molecule has 0 saturated carbocycles. The molecule has 1 N–H and O–H groups in total. The Morgan fingerprint density at radius 1 is 1.06 bits per heavy atom. The van der Waals surface area contributed by atoms with Gasteiger partial charge in [-0.25, -0.2) is 9.97 Å². The molecule has 8 heteroatoms. The summed E-state index contributed by atoms with van der Waals surface area (Å²) in [6.45, 7) is 3.81. The molecule has 0 aliphatic rings. The van der Waals surface area contributed by atoms with Crippen LogP contribution in [0.15, 0.2) is 64.9 Å². The van der Waals surface area contributed by atoms with Crippen molar-refractivity contribution < 1.29 is 19.1 Å². The summed E-state index contributed by atoms with van der Waals surface area (Å²) in [6.07, 6.45) is 4.28. The SMILES string of the molecule is COc1cc(C(C)=O)ccc1OCCCC(=O)Nc1ccc(Sc2ncccn2)cc1C. The summed E-state index contributed by atoms with van der Waals surface area (Å²) in [6, 6.07) is 12.6. The lowest BCUT2D eigenvalue weighted by atomic mass is 10.1. The summed E-state index contributed by atoms with van der Waals surface area (Å²) in [4.78, 5) is 33.2. The van der Waals surface area contributed by atoms with Crippen LogP contribution in [-0.2, 0) is 4.79 Å². The van der Waals surface area contributed by atoms with Crippen LogP contribution < -0.4 is 14.8 Å². The lowest BCUT2D eigenvalue weighted by Crippen LogP contribution is -2.13. The molecule has 0 saturated heterocycles. The number of nitrogens with one attached hydrogen (secondary N) is 1. The van der Waals surface area contributed by atoms with Crippen LogP contribution in [-0.4, -0.2) is 35.4 Å². The topological polar surface area (TPSA) is 90.4 Å². The highest BCUT2D eigenvalue weighted by Crippen LogP contribution is 2.29. The monoisotopic (exact) mass is 451 g/mol. The van der Waals surface area contributed by atoms with E-state index in [-0.39, 0.29) is 11.7 Å². The van der Waals surface area contributed by atoms with E-state index in [0.717, 1.165) is 16.1 Å². The number of ether oxygens (including phenoxy) is 2. The van der Waals surface area contributed by atoms with Gasteiger partial charge >= 0.3 is 0 Å². The van der Waals surface area contributed by atoms with Crippen molar-refractivity contribution in [3.05, 3.63) is 66.0 Å². The molecule has 0 radical (unpaired) electrons. The van der Waals surface area contributed by atoms with Gasteiger partial charge in [-0.15, -0.1) is 0 Å². The molecular formula is C24H25N3O4S. The van der Waals surface area contributed by atoms with Crippen molar-refractivity contribution in [3.63, 3.8) is 0 Å². The molecule has 1 heterocycles. The highest BCUT2D eigenvalue weighted by Gasteiger charge is 2.10. The lowest BCUT2D eigenvalue weighted by Gasteiger charge is -2.12. The van der Waals surface area contributed by atoms with E-state index in [2.05, 4.69) is 15.3 Å². The van der Waals surface area contributed by atoms with E-state index in [0.29, 0.717) is 41.7 Å². The fraction of sp³-hybridized carbons (Fsp3) is 0.250. The first-order valence-electron chi connectivity index (χ1n) is 10.1. The smallest absolute Gasteiger partial charge is 0.224 e. The predicted octanol–water partition coefficient (Wildman–Crippen LogP) is 4.95. The van der Waals surface area contributed by atoms with Gasteiger partial charge in [-0.2, -0.15) is 0 Å². The standard InChI is InChI=1S/C24H25N3O4S/c1-16-14-19(32-24-25-11-5-12-26-24)8-9-20(16)27-23(29)6-4-13-31-21-10-7-18(17(2)28)15-22(21)30-3/h5,7-12,14-15H,4,6,13H2,1-3H3,(H,27,29). The minimum absolute atomic E-state index is 0.0400. The number of amides is 1. The van der Waals surface area contributed by atoms with Crippen molar-refractivity contribution in [1.29, 1.82) is 0 Å². The third-order valence-electron chi connectivity index (χ3n) is 4.60. The first kappa shape index (κ1) is 23.3. The zero-order valence-corrected chi connectivity index (χ0v) is 19.1. The van der Waals surface area contributed by atoms with Crippen molar-refractivity contribution in [3.8, 4) is 11.5 Å². The predicted molar refractivity (Wildman–Crippen MR) is 124 cm³/mol. The van der Waals surface area contributed by atoms with E-state index >= 15 is 0 Å². The molecule has 0 unspecified atom stereocenters. The molecule has 0 aliphatic carbocycles. The third-order valence-corrected chi connectivity index (χ3v) is 5.48. The second-order valence-electron chi connectivity index (χ2n) is 7.03. The van der Waals surface area contributed by atoms with Gasteiger partial charge in [0.2, 0.25) is 5.91 Å². The molecule has 1 amide bonds. The minimum Gasteiger partial charge on any atom is -0.493 e. The Bertz CT molecular complexity index is 1090. The van der Waals surface area contributed by atoms with Gasteiger partial charge in [-0.1, -0.05) is 0 Å². The van der Waals surface area contributed by atoms with Crippen LogP contribution in [0.1, 0.15) is 35.7 Å². The molecule has 0 fully saturated rings. The molecule has 2 aromatic carbocycles. The molecule has 7 nitrogen and oxygen atoms in total. The molecule has 0 spiro atoms. The van der Waals surface area contributed by atoms with Crippen molar-refractivity contribution in [2.24, 2.45) is 0 Å². The second kappa shape index (κ2) is 11.3. The van der Waals surface area contributed by atoms with Crippen LogP contribution in [0.5, 0.6) is 11.5 Å². The van der Waals surface area contributed by atoms with E-state index in [1.54, 1.807) is 36.7 Å². The number of carbonyl (C=O) groups is 2. The Kier molecular flexibility index (Phi) is 8.21. The highest BCUT2D eigenvalue weighted by atomic mass is 32.2. The van der Waals surface area contributed by atoms with E-state index in [9.17, 15) is 9.59 Å². The molecule has 3 aromatic rings. The number of aryl methyl sites for hydroxylation is 1. The maximum atomic E-state index is 12.3. The van der Waals surface area contributed by atoms with Crippen LogP contribution in [0.25, 0.3) is 0 Å². The second-order valence-corrected chi connectivity index (χ2v) is 8.07. The van der Waals surface area contributed by atoms with Gasteiger partial charge in [-0.3, -0.25) is 9.59 Å². The van der Waals surface area contributed by atoms with E-state index < -0.39 is 0 Å². The van der Waals surface area contributed by atoms with Crippen molar-refractivity contribution >= 4 is 29.1 Å². The minimum atomic E-state index is -0.0811. The van der Waals surface area contributed by atoms with Gasteiger partial charge in [0.05, 0.1) is 13.7 Å². The Morgan fingerprint density at radius 3 is 2.53 bits per heavy atom. The lowest BCUT2D eigenvalue weighted by molar-refractivity contribution is -0.116. The molecule has 0 atom stereocenters. The number of methoxy groups -OCH3 is 1. The van der Waals surface area contributed by atoms with Gasteiger partial charge in [0.25, 0.3) is 0 Å². The number of ketones is 1. The average Bonchev–Trinajstić information content (AvgIpc) is 2.79. The Hall–Kier alpha value is -3.39. The average molecular weight is 452 g/mol. The van der Waals surface area contributed by atoms with Crippen LogP contribution in [0.4, 0.5) is 5.69 Å². The molecule has 166 valence electrons. The molecule has 0 bridgehead atoms. The van der Waals surface area contributed by atoms with E-state index in [1.165, 1.54) is 25.8 Å². The number of carbonyl (C=O) groups excluding carboxylic acids is 2. The van der Waals surface area contributed by atoms with Gasteiger partial charge in [0, 0.05) is 35.0 Å². The molecule has 3 rings (SSSR count). The Labute approximate surface area is 191 Å². The molecule has 0 aliphatic heterocycles. The normalized spacial score (nSPS) is 10.5. The van der Waals surface area contributed by atoms with E-state index in [4.69, 9.17) is 9.47 Å². The van der Waals surface area contributed by atoms with Crippen molar-refractivity contribution in [2.45, 2.75) is 36.7 Å². The highest BCUT2D eigenvalue weighted by molar-refractivity contribution is 7.99. The zero-order chi connectivity index (χ0) is 22.9. The Balaban J connectivity index is 1.47. The fourth-order valence-electron chi connectivity index (χ4n) is 2.92. The van der Waals surface area contributed by atoms with Crippen LogP contribution in [0.2, 0.25) is 0 Å². The van der Waals surface area contributed by atoms with Gasteiger partial charge in [0.1, 0.15) is 0 Å². The number of nitrogens with zero attached hydrogens (tertiary/aromatic N) is 2. The number of aromatic nitrogens is 2. The maximum absolute atomic E-state index is 12.3. The van der Waals surface area contributed by atoms with Crippen LogP contribution in [0.3, 0.4) is 0 Å². The molecule has 1 aromatic heterocycles. The summed E-state index contributed by atoms with van der Waals surface area (Å²) in [5, 5.41) is 3.62. The van der Waals surface area contributed by atoms with Gasteiger partial charge in [0.15, 0.2) is 22.4 Å². The van der Waals surface area contributed by atoms with E-state index in [1.807, 2.05) is 25.1 Å². The van der Waals surface area contributed by atoms with Crippen LogP contribution >= 0.6 is 11.8 Å². The molecular weight excluding hydrogens is 426 g/mol. The summed E-state index contributed by atoms with van der Waals surface area (Å²) >= 11 is 1.47. The quantitative estimate of drug-likeness (QED) is 0.265. The number of anilines is 1. The first-order chi connectivity index (χ1) is 15.5. The number of rotatable bonds is 10. The molecule has 32 heavy (non-hydrogen) atoms. The third kappa shape index (κ3) is 6.55. The number of benzene rings is 2. The summed E-state index contributed by atoms with van der Waals surface area (Å²) < 4.78 is 11.0. The largest absolute Gasteiger partial charge is 0.493 e. The van der Waals surface area contributed by atoms with Crippen LogP contribution in [0, 0.1) is 6.92 Å². The maximum Gasteiger partial charge on any atom is 0.224 e. The Morgan fingerprint density at radius 2 is 1.84 bits per heavy atom. The first-order valence-corrected chi connectivity index (χ1v) is 10.9. The summed E-state index contributed by atoms with van der Waals surface area (Å²) in [7, 11) is 1.53. The fourth-order valence-corrected chi connectivity index (χ4v) is 3.73. The number of hydrogen-bond donors (Lipinski definition) is 1. The van der Waals surface area contributed by atoms with Crippen molar-refractivity contribution in [2.75, 3.05) is 19.0 Å². The zero-order valence-electron chi connectivity index (χ0n) is 18.3. The van der Waals surface area contributed by atoms with Gasteiger partial charge < -0.3 is 14.8 Å². The number of Topliss-reactive ketones (excluding diaryl/α,β-unsaturated/α-hetero) is 1. The number of hydrogen-bond acceptors (Lipinski definition) is 7. The van der Waals surface area contributed by atoms with Crippen molar-refractivity contribution in [1.82, 2.24) is 9.97 Å². The summed E-state index contributed by atoms with van der Waals surface area (Å²) in [5.74, 6) is 0.921. The van der Waals surface area contributed by atoms with Gasteiger partial charge in [-0.05, 0) is 80.1 Å².